The van der Waals surface area contributed by atoms with Crippen molar-refractivity contribution in [1.82, 2.24) is 0 Å². The van der Waals surface area contributed by atoms with Crippen molar-refractivity contribution in [2.24, 2.45) is 0 Å². The standard InChI is InChI=1S/C16H16O3/c1-10-8-16(11-2-4-12(17)5-3-11)19-15-7-6-13(18)9-14(10)15/h2-7,9-10,16-18H,8H2,1H3/t10?,16-/m1/s1. The first-order valence-corrected chi connectivity index (χ1v) is 6.42. The molecule has 3 rings (SSSR count). The Morgan fingerprint density at radius 3 is 2.42 bits per heavy atom. The fourth-order valence-electron chi connectivity index (χ4n) is 2.57. The Hall–Kier alpha value is -2.16. The second-order valence-corrected chi connectivity index (χ2v) is 5.06. The van der Waals surface area contributed by atoms with E-state index in [9.17, 15) is 10.2 Å². The van der Waals surface area contributed by atoms with Gasteiger partial charge >= 0.3 is 0 Å². The van der Waals surface area contributed by atoms with Crippen LogP contribution in [-0.2, 0) is 0 Å². The SMILES string of the molecule is CC1C[C@H](c2ccc(O)cc2)Oc2ccc(O)cc21. The molecule has 3 heteroatoms. The van der Waals surface area contributed by atoms with Crippen LogP contribution < -0.4 is 4.74 Å². The van der Waals surface area contributed by atoms with Crippen LogP contribution in [0.4, 0.5) is 0 Å². The third-order valence-electron chi connectivity index (χ3n) is 3.63. The molecule has 2 aromatic rings. The summed E-state index contributed by atoms with van der Waals surface area (Å²) in [6, 6.07) is 12.4. The van der Waals surface area contributed by atoms with Crippen LogP contribution in [0, 0.1) is 0 Å². The zero-order valence-electron chi connectivity index (χ0n) is 10.7. The van der Waals surface area contributed by atoms with E-state index in [2.05, 4.69) is 6.92 Å². The maximum absolute atomic E-state index is 9.54. The van der Waals surface area contributed by atoms with Crippen molar-refractivity contribution in [3.63, 3.8) is 0 Å². The highest BCUT2D eigenvalue weighted by Gasteiger charge is 2.26. The van der Waals surface area contributed by atoms with Crippen LogP contribution in [-0.4, -0.2) is 10.2 Å². The molecule has 0 bridgehead atoms. The molecule has 0 aromatic heterocycles. The van der Waals surface area contributed by atoms with Gasteiger partial charge in [0, 0.05) is 5.56 Å². The molecule has 1 unspecified atom stereocenters. The molecule has 19 heavy (non-hydrogen) atoms. The van der Waals surface area contributed by atoms with Crippen molar-refractivity contribution in [3.8, 4) is 17.2 Å². The summed E-state index contributed by atoms with van der Waals surface area (Å²) in [4.78, 5) is 0. The number of hydrogen-bond acceptors (Lipinski definition) is 3. The zero-order chi connectivity index (χ0) is 13.4. The highest BCUT2D eigenvalue weighted by molar-refractivity contribution is 5.44. The summed E-state index contributed by atoms with van der Waals surface area (Å²) >= 11 is 0. The number of ether oxygens (including phenoxy) is 1. The molecule has 1 aliphatic rings. The Bertz CT molecular complexity index is 589. The van der Waals surface area contributed by atoms with Crippen LogP contribution >= 0.6 is 0 Å². The summed E-state index contributed by atoms with van der Waals surface area (Å²) in [7, 11) is 0. The predicted molar refractivity (Wildman–Crippen MR) is 72.6 cm³/mol. The van der Waals surface area contributed by atoms with Crippen molar-refractivity contribution in [3.05, 3.63) is 53.6 Å². The lowest BCUT2D eigenvalue weighted by atomic mass is 9.89. The molecule has 98 valence electrons. The Morgan fingerprint density at radius 1 is 1.00 bits per heavy atom. The van der Waals surface area contributed by atoms with Gasteiger partial charge in [0.05, 0.1) is 0 Å². The second kappa shape index (κ2) is 4.50. The highest BCUT2D eigenvalue weighted by atomic mass is 16.5. The van der Waals surface area contributed by atoms with E-state index in [4.69, 9.17) is 4.74 Å². The molecule has 0 fully saturated rings. The monoisotopic (exact) mass is 256 g/mol. The van der Waals surface area contributed by atoms with Crippen molar-refractivity contribution >= 4 is 0 Å². The molecule has 2 atom stereocenters. The zero-order valence-corrected chi connectivity index (χ0v) is 10.7. The molecular weight excluding hydrogens is 240 g/mol. The van der Waals surface area contributed by atoms with Gasteiger partial charge in [-0.25, -0.2) is 0 Å². The Balaban J connectivity index is 1.92. The lowest BCUT2D eigenvalue weighted by Gasteiger charge is -2.30. The molecule has 0 radical (unpaired) electrons. The van der Waals surface area contributed by atoms with E-state index >= 15 is 0 Å². The molecule has 0 saturated carbocycles. The maximum atomic E-state index is 9.54. The number of phenols is 2. The Labute approximate surface area is 112 Å². The van der Waals surface area contributed by atoms with Crippen LogP contribution in [0.2, 0.25) is 0 Å². The van der Waals surface area contributed by atoms with Crippen LogP contribution in [0.5, 0.6) is 17.2 Å². The topological polar surface area (TPSA) is 49.7 Å². The van der Waals surface area contributed by atoms with E-state index in [1.165, 1.54) is 0 Å². The quantitative estimate of drug-likeness (QED) is 0.817. The predicted octanol–water partition coefficient (Wildman–Crippen LogP) is 3.73. The largest absolute Gasteiger partial charge is 0.508 e. The molecule has 0 spiro atoms. The molecule has 3 nitrogen and oxygen atoms in total. The van der Waals surface area contributed by atoms with Gasteiger partial charge in [-0.1, -0.05) is 19.1 Å². The van der Waals surface area contributed by atoms with Crippen molar-refractivity contribution in [2.45, 2.75) is 25.4 Å². The van der Waals surface area contributed by atoms with Gasteiger partial charge in [0.2, 0.25) is 0 Å². The number of aromatic hydroxyl groups is 2. The highest BCUT2D eigenvalue weighted by Crippen LogP contribution is 2.43. The van der Waals surface area contributed by atoms with Gasteiger partial charge in [-0.15, -0.1) is 0 Å². The minimum absolute atomic E-state index is 0.00681. The summed E-state index contributed by atoms with van der Waals surface area (Å²) in [5.74, 6) is 1.69. The van der Waals surface area contributed by atoms with Crippen LogP contribution in [0.3, 0.4) is 0 Å². The molecular formula is C16H16O3. The van der Waals surface area contributed by atoms with E-state index in [-0.39, 0.29) is 17.6 Å². The van der Waals surface area contributed by atoms with Gasteiger partial charge in [-0.05, 0) is 48.2 Å². The number of hydrogen-bond donors (Lipinski definition) is 2. The van der Waals surface area contributed by atoms with E-state index in [0.717, 1.165) is 23.3 Å². The van der Waals surface area contributed by atoms with Crippen molar-refractivity contribution in [1.29, 1.82) is 0 Å². The molecule has 2 N–H and O–H groups in total. The minimum Gasteiger partial charge on any atom is -0.508 e. The van der Waals surface area contributed by atoms with E-state index in [0.29, 0.717) is 5.92 Å². The third kappa shape index (κ3) is 2.24. The average molecular weight is 256 g/mol. The second-order valence-electron chi connectivity index (χ2n) is 5.06. The Kier molecular flexibility index (Phi) is 2.82. The average Bonchev–Trinajstić information content (AvgIpc) is 2.40. The van der Waals surface area contributed by atoms with E-state index < -0.39 is 0 Å². The fourth-order valence-corrected chi connectivity index (χ4v) is 2.57. The molecule has 0 saturated heterocycles. The first-order chi connectivity index (χ1) is 9.13. The van der Waals surface area contributed by atoms with Crippen LogP contribution in [0.1, 0.15) is 36.5 Å². The summed E-state index contributed by atoms with van der Waals surface area (Å²) in [6.45, 7) is 2.13. The summed E-state index contributed by atoms with van der Waals surface area (Å²) in [6.07, 6.45) is 0.856. The summed E-state index contributed by atoms with van der Waals surface area (Å²) in [5.41, 5.74) is 2.11. The lowest BCUT2D eigenvalue weighted by molar-refractivity contribution is 0.163. The smallest absolute Gasteiger partial charge is 0.124 e. The van der Waals surface area contributed by atoms with Gasteiger partial charge in [0.15, 0.2) is 0 Å². The van der Waals surface area contributed by atoms with Crippen molar-refractivity contribution in [2.75, 3.05) is 0 Å². The summed E-state index contributed by atoms with van der Waals surface area (Å²) < 4.78 is 5.99. The normalized spacial score (nSPS) is 21.5. The van der Waals surface area contributed by atoms with E-state index in [1.807, 2.05) is 18.2 Å². The molecule has 2 aromatic carbocycles. The van der Waals surface area contributed by atoms with Gasteiger partial charge in [-0.3, -0.25) is 0 Å². The van der Waals surface area contributed by atoms with Gasteiger partial charge in [0.1, 0.15) is 23.4 Å². The van der Waals surface area contributed by atoms with Gasteiger partial charge < -0.3 is 14.9 Å². The molecule has 0 aliphatic carbocycles. The maximum Gasteiger partial charge on any atom is 0.124 e. The van der Waals surface area contributed by atoms with E-state index in [1.54, 1.807) is 24.3 Å². The first-order valence-electron chi connectivity index (χ1n) is 6.42. The van der Waals surface area contributed by atoms with Crippen LogP contribution in [0.15, 0.2) is 42.5 Å². The van der Waals surface area contributed by atoms with Gasteiger partial charge in [-0.2, -0.15) is 0 Å². The number of benzene rings is 2. The molecule has 1 heterocycles. The van der Waals surface area contributed by atoms with Crippen LogP contribution in [0.25, 0.3) is 0 Å². The number of rotatable bonds is 1. The summed E-state index contributed by atoms with van der Waals surface area (Å²) in [5, 5.41) is 18.9. The first kappa shape index (κ1) is 11.9. The minimum atomic E-state index is -0.00681. The molecule has 0 amide bonds. The Morgan fingerprint density at radius 2 is 1.68 bits per heavy atom. The van der Waals surface area contributed by atoms with Gasteiger partial charge in [0.25, 0.3) is 0 Å². The van der Waals surface area contributed by atoms with Crippen molar-refractivity contribution < 1.29 is 14.9 Å². The fraction of sp³-hybridized carbons (Fsp3) is 0.250. The number of fused-ring (bicyclic) bond motifs is 1. The lowest BCUT2D eigenvalue weighted by Crippen LogP contribution is -2.17. The number of phenolic OH excluding ortho intramolecular Hbond substituents is 2. The molecule has 1 aliphatic heterocycles. The third-order valence-corrected chi connectivity index (χ3v) is 3.63.